The maximum absolute atomic E-state index is 12.3. The van der Waals surface area contributed by atoms with E-state index in [1.54, 1.807) is 36.4 Å². The van der Waals surface area contributed by atoms with Crippen LogP contribution in [0.4, 0.5) is 0 Å². The van der Waals surface area contributed by atoms with Crippen LogP contribution in [0.15, 0.2) is 60.7 Å². The highest BCUT2D eigenvalue weighted by atomic mass is 16.6. The van der Waals surface area contributed by atoms with E-state index in [4.69, 9.17) is 9.47 Å². The van der Waals surface area contributed by atoms with Crippen molar-refractivity contribution >= 4 is 23.9 Å². The van der Waals surface area contributed by atoms with E-state index in [2.05, 4.69) is 4.74 Å². The first-order valence-electron chi connectivity index (χ1n) is 6.86. The Morgan fingerprint density at radius 3 is 1.42 bits per heavy atom. The predicted octanol–water partition coefficient (Wildman–Crippen LogP) is 1.27. The summed E-state index contributed by atoms with van der Waals surface area (Å²) in [5.74, 6) is -5.24. The average Bonchev–Trinajstić information content (AvgIpc) is 2.56. The fourth-order valence-corrected chi connectivity index (χ4v) is 2.04. The second-order valence-electron chi connectivity index (χ2n) is 4.83. The van der Waals surface area contributed by atoms with Gasteiger partial charge in [0.2, 0.25) is 0 Å². The molecule has 1 fully saturated rings. The third-order valence-electron chi connectivity index (χ3n) is 3.32. The van der Waals surface area contributed by atoms with Gasteiger partial charge in [-0.1, -0.05) is 36.4 Å². The highest BCUT2D eigenvalue weighted by Crippen LogP contribution is 2.35. The molecule has 24 heavy (non-hydrogen) atoms. The molecule has 7 nitrogen and oxygen atoms in total. The van der Waals surface area contributed by atoms with Crippen LogP contribution < -0.4 is 9.47 Å². The SMILES string of the molecule is O=C1OC(=O)C1(C(=O)Oc1ccccc1)C(=O)Oc1ccccc1. The van der Waals surface area contributed by atoms with Crippen molar-refractivity contribution in [3.63, 3.8) is 0 Å². The molecule has 1 saturated heterocycles. The van der Waals surface area contributed by atoms with Crippen LogP contribution in [0, 0.1) is 5.41 Å². The molecular formula is C17H10O7. The summed E-state index contributed by atoms with van der Waals surface area (Å²) < 4.78 is 14.1. The molecule has 0 radical (unpaired) electrons. The van der Waals surface area contributed by atoms with E-state index in [0.29, 0.717) is 0 Å². The molecule has 0 saturated carbocycles. The van der Waals surface area contributed by atoms with E-state index in [9.17, 15) is 19.2 Å². The topological polar surface area (TPSA) is 96.0 Å². The zero-order valence-corrected chi connectivity index (χ0v) is 12.1. The Balaban J connectivity index is 1.88. The largest absolute Gasteiger partial charge is 0.425 e. The van der Waals surface area contributed by atoms with E-state index in [0.717, 1.165) is 0 Å². The Bertz CT molecular complexity index is 742. The minimum atomic E-state index is -2.76. The number of cyclic esters (lactones) is 2. The van der Waals surface area contributed by atoms with Crippen LogP contribution in [0.3, 0.4) is 0 Å². The molecule has 0 amide bonds. The average molecular weight is 326 g/mol. The highest BCUT2D eigenvalue weighted by Gasteiger charge is 2.73. The van der Waals surface area contributed by atoms with Crippen molar-refractivity contribution in [3.8, 4) is 11.5 Å². The standard InChI is InChI=1S/C17H10O7/c18-13(22-11-7-3-1-4-8-11)17(15(20)24-16(17)21)14(19)23-12-9-5-2-6-10-12/h1-10H. The summed E-state index contributed by atoms with van der Waals surface area (Å²) in [7, 11) is 0. The van der Waals surface area contributed by atoms with Gasteiger partial charge in [-0.25, -0.2) is 19.2 Å². The Kier molecular flexibility index (Phi) is 3.83. The molecular weight excluding hydrogens is 316 g/mol. The number of hydrogen-bond acceptors (Lipinski definition) is 7. The van der Waals surface area contributed by atoms with E-state index in [1.165, 1.54) is 24.3 Å². The van der Waals surface area contributed by atoms with Crippen LogP contribution in [-0.4, -0.2) is 23.9 Å². The van der Waals surface area contributed by atoms with Gasteiger partial charge in [-0.3, -0.25) is 0 Å². The van der Waals surface area contributed by atoms with Gasteiger partial charge in [0.15, 0.2) is 0 Å². The van der Waals surface area contributed by atoms with Crippen molar-refractivity contribution in [3.05, 3.63) is 60.7 Å². The molecule has 7 heteroatoms. The van der Waals surface area contributed by atoms with Gasteiger partial charge in [-0.15, -0.1) is 0 Å². The third-order valence-corrected chi connectivity index (χ3v) is 3.32. The molecule has 1 aliphatic rings. The molecule has 1 heterocycles. The summed E-state index contributed by atoms with van der Waals surface area (Å²) in [5.41, 5.74) is -2.76. The van der Waals surface area contributed by atoms with E-state index < -0.39 is 29.3 Å². The van der Waals surface area contributed by atoms with Crippen LogP contribution in [0.2, 0.25) is 0 Å². The lowest BCUT2D eigenvalue weighted by molar-refractivity contribution is -0.204. The van der Waals surface area contributed by atoms with Crippen molar-refractivity contribution in [2.75, 3.05) is 0 Å². The molecule has 3 rings (SSSR count). The van der Waals surface area contributed by atoms with E-state index in [-0.39, 0.29) is 11.5 Å². The Labute approximate surface area is 135 Å². The van der Waals surface area contributed by atoms with Gasteiger partial charge in [-0.2, -0.15) is 0 Å². The number of hydrogen-bond donors (Lipinski definition) is 0. The number of carbonyl (C=O) groups excluding carboxylic acids is 4. The van der Waals surface area contributed by atoms with Crippen molar-refractivity contribution < 1.29 is 33.4 Å². The smallest absolute Gasteiger partial charge is 0.357 e. The fraction of sp³-hybridized carbons (Fsp3) is 0.0588. The van der Waals surface area contributed by atoms with Crippen molar-refractivity contribution in [1.29, 1.82) is 0 Å². The van der Waals surface area contributed by atoms with Crippen LogP contribution in [0.25, 0.3) is 0 Å². The van der Waals surface area contributed by atoms with Gasteiger partial charge in [0.25, 0.3) is 0 Å². The lowest BCUT2D eigenvalue weighted by atomic mass is 9.84. The number of carbonyl (C=O) groups is 4. The third kappa shape index (κ3) is 2.41. The van der Waals surface area contributed by atoms with Gasteiger partial charge in [0, 0.05) is 0 Å². The van der Waals surface area contributed by atoms with Gasteiger partial charge in [0.1, 0.15) is 11.5 Å². The normalized spacial score (nSPS) is 15.0. The zero-order chi connectivity index (χ0) is 17.2. The Hall–Kier alpha value is -3.48. The van der Waals surface area contributed by atoms with Crippen LogP contribution >= 0.6 is 0 Å². The summed E-state index contributed by atoms with van der Waals surface area (Å²) in [6.07, 6.45) is 0. The maximum Gasteiger partial charge on any atom is 0.357 e. The molecule has 0 aromatic heterocycles. The lowest BCUT2D eigenvalue weighted by Crippen LogP contribution is -2.65. The summed E-state index contributed by atoms with van der Waals surface area (Å²) in [6.45, 7) is 0. The molecule has 1 aliphatic heterocycles. The predicted molar refractivity (Wildman–Crippen MR) is 77.7 cm³/mol. The number of para-hydroxylation sites is 2. The van der Waals surface area contributed by atoms with Gasteiger partial charge >= 0.3 is 29.3 Å². The first kappa shape index (κ1) is 15.4. The Morgan fingerprint density at radius 2 is 1.08 bits per heavy atom. The van der Waals surface area contributed by atoms with Gasteiger partial charge in [0.05, 0.1) is 0 Å². The van der Waals surface area contributed by atoms with Gasteiger partial charge < -0.3 is 14.2 Å². The first-order valence-corrected chi connectivity index (χ1v) is 6.86. The van der Waals surface area contributed by atoms with Gasteiger partial charge in [-0.05, 0) is 24.3 Å². The van der Waals surface area contributed by atoms with E-state index in [1.807, 2.05) is 0 Å². The molecule has 2 aromatic rings. The van der Waals surface area contributed by atoms with Crippen LogP contribution in [0.5, 0.6) is 11.5 Å². The van der Waals surface area contributed by atoms with Crippen LogP contribution in [0.1, 0.15) is 0 Å². The molecule has 0 N–H and O–H groups in total. The van der Waals surface area contributed by atoms with Crippen LogP contribution in [-0.2, 0) is 23.9 Å². The van der Waals surface area contributed by atoms with Crippen molar-refractivity contribution in [2.24, 2.45) is 5.41 Å². The molecule has 0 unspecified atom stereocenters. The van der Waals surface area contributed by atoms with Crippen molar-refractivity contribution in [1.82, 2.24) is 0 Å². The second-order valence-corrected chi connectivity index (χ2v) is 4.83. The monoisotopic (exact) mass is 326 g/mol. The molecule has 0 aliphatic carbocycles. The minimum absolute atomic E-state index is 0.0712. The summed E-state index contributed by atoms with van der Waals surface area (Å²) in [5, 5.41) is 0. The molecule has 120 valence electrons. The maximum atomic E-state index is 12.3. The zero-order valence-electron chi connectivity index (χ0n) is 12.1. The number of rotatable bonds is 4. The first-order chi connectivity index (χ1) is 11.5. The quantitative estimate of drug-likeness (QED) is 0.474. The van der Waals surface area contributed by atoms with Crippen molar-refractivity contribution in [2.45, 2.75) is 0 Å². The lowest BCUT2D eigenvalue weighted by Gasteiger charge is -2.31. The summed E-state index contributed by atoms with van der Waals surface area (Å²) >= 11 is 0. The second kappa shape index (κ2) is 5.96. The molecule has 0 bridgehead atoms. The molecule has 0 spiro atoms. The minimum Gasteiger partial charge on any atom is -0.425 e. The summed E-state index contributed by atoms with van der Waals surface area (Å²) in [4.78, 5) is 48.2. The highest BCUT2D eigenvalue weighted by molar-refractivity contribution is 6.40. The number of benzene rings is 2. The Morgan fingerprint density at radius 1 is 0.708 bits per heavy atom. The van der Waals surface area contributed by atoms with E-state index >= 15 is 0 Å². The molecule has 2 aromatic carbocycles. The fourth-order valence-electron chi connectivity index (χ4n) is 2.04. The summed E-state index contributed by atoms with van der Waals surface area (Å²) in [6, 6.07) is 15.4. The number of ether oxygens (including phenoxy) is 3. The number of esters is 4. The molecule has 0 atom stereocenters.